The maximum atomic E-state index is 12.7. The number of ether oxygens (including phenoxy) is 3. The van der Waals surface area contributed by atoms with Crippen molar-refractivity contribution in [1.29, 1.82) is 0 Å². The maximum Gasteiger partial charge on any atom is 0.472 e. The van der Waals surface area contributed by atoms with E-state index in [9.17, 15) is 19.0 Å². The summed E-state index contributed by atoms with van der Waals surface area (Å²) in [4.78, 5) is 35.4. The van der Waals surface area contributed by atoms with Crippen molar-refractivity contribution in [2.24, 2.45) is 0 Å². The highest BCUT2D eigenvalue weighted by atomic mass is 31.2. The zero-order chi connectivity index (χ0) is 43.3. The van der Waals surface area contributed by atoms with Gasteiger partial charge in [0.25, 0.3) is 0 Å². The molecule has 1 N–H and O–H groups in total. The molecule has 0 amide bonds. The summed E-state index contributed by atoms with van der Waals surface area (Å²) in [6.45, 7) is 4.15. The first-order valence-electron chi connectivity index (χ1n) is 22.4. The number of quaternary nitrogens is 1. The Morgan fingerprint density at radius 2 is 1.20 bits per heavy atom. The van der Waals surface area contributed by atoms with E-state index in [0.717, 1.165) is 77.0 Å². The number of hydrogen-bond acceptors (Lipinski definition) is 8. The summed E-state index contributed by atoms with van der Waals surface area (Å²) in [5.41, 5.74) is 0. The minimum atomic E-state index is -4.40. The molecule has 1 saturated heterocycles. The molecule has 0 spiro atoms. The van der Waals surface area contributed by atoms with Crippen molar-refractivity contribution in [3.8, 4) is 0 Å². The molecule has 1 fully saturated rings. The van der Waals surface area contributed by atoms with Gasteiger partial charge in [-0.05, 0) is 83.5 Å². The Balaban J connectivity index is 2.34. The quantitative estimate of drug-likeness (QED) is 0.0162. The molecule has 0 saturated carbocycles. The monoisotopic (exact) mass is 847 g/mol. The van der Waals surface area contributed by atoms with Crippen molar-refractivity contribution in [2.45, 2.75) is 161 Å². The predicted molar refractivity (Wildman–Crippen MR) is 242 cm³/mol. The van der Waals surface area contributed by atoms with E-state index in [4.69, 9.17) is 23.3 Å². The number of rotatable bonds is 38. The number of nitrogens with zero attached hydrogens (tertiary/aromatic N) is 1. The van der Waals surface area contributed by atoms with Gasteiger partial charge in [0.15, 0.2) is 6.10 Å². The van der Waals surface area contributed by atoms with Crippen LogP contribution in [0.5, 0.6) is 0 Å². The van der Waals surface area contributed by atoms with Gasteiger partial charge in [-0.2, -0.15) is 0 Å². The number of esters is 2. The second kappa shape index (κ2) is 35.9. The van der Waals surface area contributed by atoms with E-state index < -0.39 is 32.5 Å². The predicted octanol–water partition coefficient (Wildman–Crippen LogP) is 11.8. The van der Waals surface area contributed by atoms with Crippen molar-refractivity contribution in [1.82, 2.24) is 0 Å². The van der Waals surface area contributed by atoms with Crippen molar-refractivity contribution in [3.63, 3.8) is 0 Å². The molecule has 11 heteroatoms. The summed E-state index contributed by atoms with van der Waals surface area (Å²) in [6.07, 6.45) is 48.1. The molecule has 1 rings (SSSR count). The van der Waals surface area contributed by atoms with Crippen LogP contribution in [0.25, 0.3) is 0 Å². The first-order valence-corrected chi connectivity index (χ1v) is 23.9. The zero-order valence-electron chi connectivity index (χ0n) is 37.4. The number of carbonyl (C=O) groups is 2. The molecule has 0 radical (unpaired) electrons. The normalized spacial score (nSPS) is 17.8. The fourth-order valence-corrected chi connectivity index (χ4v) is 6.48. The number of phosphoric acid groups is 1. The van der Waals surface area contributed by atoms with Gasteiger partial charge in [-0.15, -0.1) is 0 Å². The number of allylic oxidation sites excluding steroid dienone is 13. The van der Waals surface area contributed by atoms with Crippen molar-refractivity contribution >= 4 is 19.8 Å². The fourth-order valence-electron chi connectivity index (χ4n) is 5.74. The average Bonchev–Trinajstić information content (AvgIpc) is 3.94. The van der Waals surface area contributed by atoms with Gasteiger partial charge in [-0.1, -0.05) is 131 Å². The van der Waals surface area contributed by atoms with Crippen LogP contribution in [0.2, 0.25) is 0 Å². The summed E-state index contributed by atoms with van der Waals surface area (Å²) < 4.78 is 40.0. The van der Waals surface area contributed by atoms with Crippen LogP contribution in [-0.4, -0.2) is 87.1 Å². The molecule has 1 heterocycles. The lowest BCUT2D eigenvalue weighted by atomic mass is 10.1. The first-order chi connectivity index (χ1) is 28.5. The average molecular weight is 847 g/mol. The van der Waals surface area contributed by atoms with Crippen LogP contribution >= 0.6 is 7.82 Å². The third-order valence-corrected chi connectivity index (χ3v) is 10.3. The van der Waals surface area contributed by atoms with Gasteiger partial charge < -0.3 is 23.6 Å². The molecule has 0 bridgehead atoms. The molecular formula is C48H81NO9P+. The Morgan fingerprint density at radius 1 is 0.644 bits per heavy atom. The van der Waals surface area contributed by atoms with Crippen LogP contribution in [0.1, 0.15) is 142 Å². The lowest BCUT2D eigenvalue weighted by molar-refractivity contribution is -0.870. The fraction of sp³-hybridized carbons (Fsp3) is 0.667. The van der Waals surface area contributed by atoms with Gasteiger partial charge in [-0.3, -0.25) is 18.6 Å². The molecule has 0 aliphatic carbocycles. The Kier molecular flexibility index (Phi) is 32.9. The van der Waals surface area contributed by atoms with Crippen LogP contribution in [0.4, 0.5) is 0 Å². The Labute approximate surface area is 358 Å². The van der Waals surface area contributed by atoms with Crippen molar-refractivity contribution in [2.75, 3.05) is 47.5 Å². The Morgan fingerprint density at radius 3 is 1.81 bits per heavy atom. The number of epoxide rings is 1. The summed E-state index contributed by atoms with van der Waals surface area (Å²) >= 11 is 0. The van der Waals surface area contributed by atoms with Crippen LogP contribution in [-0.2, 0) is 37.4 Å². The third kappa shape index (κ3) is 36.7. The lowest BCUT2D eigenvalue weighted by Crippen LogP contribution is -2.37. The molecule has 0 aromatic heterocycles. The van der Waals surface area contributed by atoms with E-state index in [1.807, 2.05) is 21.1 Å². The SMILES string of the molecule is CC/C=C\C/C=C\C/C=C\C/C=C\CCCCCCC(=O)O[C@H](COC(=O)CCC/C=C\C/C=C\C/C=C\CC1OC1CCCCC)COP(=O)(O)OCC[N+](C)(C)C. The molecule has 0 aromatic carbocycles. The van der Waals surface area contributed by atoms with E-state index >= 15 is 0 Å². The Bertz CT molecular complexity index is 1340. The molecule has 1 aliphatic heterocycles. The summed E-state index contributed by atoms with van der Waals surface area (Å²) in [5, 5.41) is 0. The molecule has 1 aliphatic rings. The molecule has 336 valence electrons. The van der Waals surface area contributed by atoms with Crippen LogP contribution < -0.4 is 0 Å². The summed E-state index contributed by atoms with van der Waals surface area (Å²) in [7, 11) is 1.41. The standard InChI is InChI=1S/C48H80NO9P/c1-6-8-10-11-12-13-14-15-16-17-18-19-20-25-28-31-35-39-48(51)57-44(43-56-59(52,53)55-41-40-49(3,4)5)42-54-47(50)38-34-30-27-24-22-21-23-26-29-33-37-46-45(58-46)36-32-9-7-2/h8,10,12-13,15-16,18-19,21,23-24,27,29,33,44-46H,6-7,9,11,14,17,20,22,25-26,28,30-32,34-43H2,1-5H3/p+1/b10-8-,13-12-,16-15-,19-18-,23-21-,27-24-,33-29-/t44-,45?,46?/m1/s1. The second-order valence-corrected chi connectivity index (χ2v) is 17.5. The van der Waals surface area contributed by atoms with E-state index in [2.05, 4.69) is 98.9 Å². The highest BCUT2D eigenvalue weighted by molar-refractivity contribution is 7.47. The van der Waals surface area contributed by atoms with Crippen LogP contribution in [0, 0.1) is 0 Å². The van der Waals surface area contributed by atoms with Gasteiger partial charge in [-0.25, -0.2) is 4.57 Å². The van der Waals surface area contributed by atoms with Gasteiger partial charge in [0, 0.05) is 12.8 Å². The molecule has 3 unspecified atom stereocenters. The third-order valence-electron chi connectivity index (χ3n) is 9.33. The lowest BCUT2D eigenvalue weighted by Gasteiger charge is -2.24. The van der Waals surface area contributed by atoms with Gasteiger partial charge in [0.1, 0.15) is 19.8 Å². The second-order valence-electron chi connectivity index (χ2n) is 16.1. The first kappa shape index (κ1) is 54.2. The molecule has 0 aromatic rings. The number of carbonyl (C=O) groups excluding carboxylic acids is 2. The van der Waals surface area contributed by atoms with E-state index in [1.54, 1.807) is 0 Å². The van der Waals surface area contributed by atoms with Gasteiger partial charge >= 0.3 is 19.8 Å². The van der Waals surface area contributed by atoms with E-state index in [-0.39, 0.29) is 26.1 Å². The number of unbranched alkanes of at least 4 members (excludes halogenated alkanes) is 7. The van der Waals surface area contributed by atoms with E-state index in [0.29, 0.717) is 36.1 Å². The molecule has 4 atom stereocenters. The van der Waals surface area contributed by atoms with E-state index in [1.165, 1.54) is 25.7 Å². The van der Waals surface area contributed by atoms with Crippen molar-refractivity contribution in [3.05, 3.63) is 85.1 Å². The minimum absolute atomic E-state index is 0.0112. The molecular weight excluding hydrogens is 766 g/mol. The van der Waals surface area contributed by atoms with Crippen molar-refractivity contribution < 1.29 is 46.8 Å². The largest absolute Gasteiger partial charge is 0.472 e. The number of likely N-dealkylation sites (N-methyl/N-ethyl adjacent to an activating group) is 1. The minimum Gasteiger partial charge on any atom is -0.462 e. The van der Waals surface area contributed by atoms with Gasteiger partial charge in [0.05, 0.1) is 40.0 Å². The maximum absolute atomic E-state index is 12.7. The van der Waals surface area contributed by atoms with Crippen LogP contribution in [0.3, 0.4) is 0 Å². The number of phosphoric ester groups is 1. The molecule has 59 heavy (non-hydrogen) atoms. The summed E-state index contributed by atoms with van der Waals surface area (Å²) in [5.74, 6) is -0.906. The number of hydrogen-bond donors (Lipinski definition) is 1. The van der Waals surface area contributed by atoms with Crippen LogP contribution in [0.15, 0.2) is 85.1 Å². The zero-order valence-corrected chi connectivity index (χ0v) is 38.3. The highest BCUT2D eigenvalue weighted by Gasteiger charge is 2.36. The topological polar surface area (TPSA) is 121 Å². The Hall–Kier alpha value is -2.85. The van der Waals surface area contributed by atoms with Gasteiger partial charge in [0.2, 0.25) is 0 Å². The smallest absolute Gasteiger partial charge is 0.462 e. The highest BCUT2D eigenvalue weighted by Crippen LogP contribution is 2.43. The molecule has 10 nitrogen and oxygen atoms in total. The summed E-state index contributed by atoms with van der Waals surface area (Å²) in [6, 6.07) is 0.